The minimum Gasteiger partial charge on any atom is -0.370 e. The molecular formula is C15H25N3O3. The zero-order valence-electron chi connectivity index (χ0n) is 12.9. The van der Waals surface area contributed by atoms with Crippen LogP contribution in [0.15, 0.2) is 0 Å². The van der Waals surface area contributed by atoms with Crippen LogP contribution in [0.4, 0.5) is 4.79 Å². The second kappa shape index (κ2) is 5.83. The molecule has 0 spiro atoms. The van der Waals surface area contributed by atoms with Gasteiger partial charge in [-0.25, -0.2) is 4.79 Å². The molecular weight excluding hydrogens is 270 g/mol. The van der Waals surface area contributed by atoms with E-state index in [2.05, 4.69) is 5.32 Å². The molecule has 6 heteroatoms. The van der Waals surface area contributed by atoms with Gasteiger partial charge in [-0.05, 0) is 33.1 Å². The molecule has 118 valence electrons. The zero-order chi connectivity index (χ0) is 15.0. The SMILES string of the molecule is CC(C)NC(=O)N1C[C@@H]2C[C@H](C(=O)N3CCCC3)[C@H](C1)O2. The number of nitrogens with zero attached hydrogens (tertiary/aromatic N) is 2. The van der Waals surface area contributed by atoms with E-state index < -0.39 is 0 Å². The van der Waals surface area contributed by atoms with E-state index in [-0.39, 0.29) is 36.1 Å². The number of morpholine rings is 1. The molecule has 0 aromatic rings. The Labute approximate surface area is 125 Å². The molecule has 6 nitrogen and oxygen atoms in total. The van der Waals surface area contributed by atoms with Gasteiger partial charge < -0.3 is 19.9 Å². The molecule has 2 bridgehead atoms. The van der Waals surface area contributed by atoms with Crippen LogP contribution >= 0.6 is 0 Å². The fraction of sp³-hybridized carbons (Fsp3) is 0.867. The standard InChI is InChI=1S/C15H25N3O3/c1-10(2)16-15(20)18-8-11-7-12(13(9-18)21-11)14(19)17-5-3-4-6-17/h10-13H,3-9H2,1-2H3,(H,16,20)/t11-,12-,13-/m0/s1. The first kappa shape index (κ1) is 14.6. The monoisotopic (exact) mass is 295 g/mol. The zero-order valence-corrected chi connectivity index (χ0v) is 12.9. The lowest BCUT2D eigenvalue weighted by atomic mass is 9.99. The van der Waals surface area contributed by atoms with Gasteiger partial charge >= 0.3 is 6.03 Å². The van der Waals surface area contributed by atoms with E-state index in [0.717, 1.165) is 32.4 Å². The highest BCUT2D eigenvalue weighted by atomic mass is 16.5. The van der Waals surface area contributed by atoms with Crippen LogP contribution in [0.25, 0.3) is 0 Å². The average Bonchev–Trinajstić information content (AvgIpc) is 3.05. The number of hydrogen-bond donors (Lipinski definition) is 1. The van der Waals surface area contributed by atoms with Crippen LogP contribution < -0.4 is 5.32 Å². The fourth-order valence-corrected chi connectivity index (χ4v) is 3.59. The van der Waals surface area contributed by atoms with E-state index in [0.29, 0.717) is 13.1 Å². The van der Waals surface area contributed by atoms with Crippen molar-refractivity contribution in [1.29, 1.82) is 0 Å². The normalized spacial score (nSPS) is 31.9. The summed E-state index contributed by atoms with van der Waals surface area (Å²) in [5, 5.41) is 2.92. The van der Waals surface area contributed by atoms with E-state index in [9.17, 15) is 9.59 Å². The largest absolute Gasteiger partial charge is 0.370 e. The fourth-order valence-electron chi connectivity index (χ4n) is 3.59. The van der Waals surface area contributed by atoms with Crippen LogP contribution in [-0.4, -0.2) is 66.2 Å². The highest BCUT2D eigenvalue weighted by molar-refractivity contribution is 5.81. The van der Waals surface area contributed by atoms with Gasteiger partial charge in [-0.1, -0.05) is 0 Å². The summed E-state index contributed by atoms with van der Waals surface area (Å²) in [5.74, 6) is 0.163. The summed E-state index contributed by atoms with van der Waals surface area (Å²) < 4.78 is 5.91. The van der Waals surface area contributed by atoms with Gasteiger partial charge in [0.2, 0.25) is 5.91 Å². The van der Waals surface area contributed by atoms with E-state index >= 15 is 0 Å². The number of ether oxygens (including phenoxy) is 1. The van der Waals surface area contributed by atoms with Crippen molar-refractivity contribution in [1.82, 2.24) is 15.1 Å². The van der Waals surface area contributed by atoms with Crippen molar-refractivity contribution in [2.24, 2.45) is 5.92 Å². The van der Waals surface area contributed by atoms with Gasteiger partial charge in [-0.2, -0.15) is 0 Å². The summed E-state index contributed by atoms with van der Waals surface area (Å²) in [7, 11) is 0. The number of hydrogen-bond acceptors (Lipinski definition) is 3. The van der Waals surface area contributed by atoms with E-state index in [1.807, 2.05) is 18.7 Å². The summed E-state index contributed by atoms with van der Waals surface area (Å²) in [6.45, 7) is 6.78. The molecule has 0 aliphatic carbocycles. The summed E-state index contributed by atoms with van der Waals surface area (Å²) in [6, 6.07) is 0.0811. The third-order valence-corrected chi connectivity index (χ3v) is 4.59. The molecule has 0 unspecified atom stereocenters. The Hall–Kier alpha value is -1.30. The number of amides is 3. The Kier molecular flexibility index (Phi) is 4.06. The molecule has 0 radical (unpaired) electrons. The number of carbonyl (C=O) groups is 2. The third-order valence-electron chi connectivity index (χ3n) is 4.59. The minimum atomic E-state index is -0.130. The number of likely N-dealkylation sites (tertiary alicyclic amines) is 2. The Bertz CT molecular complexity index is 420. The predicted octanol–water partition coefficient (Wildman–Crippen LogP) is 0.816. The number of nitrogens with one attached hydrogen (secondary N) is 1. The Morgan fingerprint density at radius 3 is 2.52 bits per heavy atom. The minimum absolute atomic E-state index is 0.0122. The number of rotatable bonds is 2. The molecule has 3 rings (SSSR count). The lowest BCUT2D eigenvalue weighted by Gasteiger charge is -2.33. The van der Waals surface area contributed by atoms with Crippen LogP contribution in [0.1, 0.15) is 33.1 Å². The maximum Gasteiger partial charge on any atom is 0.317 e. The topological polar surface area (TPSA) is 61.9 Å². The molecule has 3 aliphatic heterocycles. The molecule has 21 heavy (non-hydrogen) atoms. The van der Waals surface area contributed by atoms with Crippen molar-refractivity contribution in [3.8, 4) is 0 Å². The molecule has 3 saturated heterocycles. The van der Waals surface area contributed by atoms with E-state index in [1.54, 1.807) is 4.90 Å². The van der Waals surface area contributed by atoms with Crippen LogP contribution in [0, 0.1) is 5.92 Å². The molecule has 1 N–H and O–H groups in total. The number of urea groups is 1. The van der Waals surface area contributed by atoms with Crippen molar-refractivity contribution < 1.29 is 14.3 Å². The van der Waals surface area contributed by atoms with Gasteiger partial charge in [0.05, 0.1) is 18.1 Å². The maximum absolute atomic E-state index is 12.6. The van der Waals surface area contributed by atoms with Crippen molar-refractivity contribution in [2.45, 2.75) is 51.4 Å². The smallest absolute Gasteiger partial charge is 0.317 e. The molecule has 3 fully saturated rings. The van der Waals surface area contributed by atoms with Crippen molar-refractivity contribution >= 4 is 11.9 Å². The first-order chi connectivity index (χ1) is 10.0. The van der Waals surface area contributed by atoms with E-state index in [4.69, 9.17) is 4.74 Å². The number of fused-ring (bicyclic) bond motifs is 2. The first-order valence-corrected chi connectivity index (χ1v) is 8.04. The average molecular weight is 295 g/mol. The molecule has 0 aromatic heterocycles. The molecule has 0 aromatic carbocycles. The Morgan fingerprint density at radius 2 is 1.86 bits per heavy atom. The van der Waals surface area contributed by atoms with Crippen molar-refractivity contribution in [3.05, 3.63) is 0 Å². The summed E-state index contributed by atoms with van der Waals surface area (Å²) in [5.41, 5.74) is 0. The molecule has 3 heterocycles. The summed E-state index contributed by atoms with van der Waals surface area (Å²) in [4.78, 5) is 28.5. The third kappa shape index (κ3) is 3.00. The molecule has 3 amide bonds. The highest BCUT2D eigenvalue weighted by Crippen LogP contribution is 2.33. The van der Waals surface area contributed by atoms with Crippen LogP contribution in [0.3, 0.4) is 0 Å². The van der Waals surface area contributed by atoms with Gasteiger partial charge in [0.15, 0.2) is 0 Å². The number of carbonyl (C=O) groups excluding carboxylic acids is 2. The lowest BCUT2D eigenvalue weighted by molar-refractivity contribution is -0.137. The Morgan fingerprint density at radius 1 is 1.14 bits per heavy atom. The second-order valence-corrected chi connectivity index (χ2v) is 6.68. The van der Waals surface area contributed by atoms with Crippen LogP contribution in [0.2, 0.25) is 0 Å². The van der Waals surface area contributed by atoms with Gasteiger partial charge in [-0.3, -0.25) is 4.79 Å². The Balaban J connectivity index is 1.62. The van der Waals surface area contributed by atoms with Gasteiger partial charge in [0.25, 0.3) is 0 Å². The van der Waals surface area contributed by atoms with Gasteiger partial charge in [-0.15, -0.1) is 0 Å². The van der Waals surface area contributed by atoms with Crippen molar-refractivity contribution in [2.75, 3.05) is 26.2 Å². The van der Waals surface area contributed by atoms with Crippen molar-refractivity contribution in [3.63, 3.8) is 0 Å². The van der Waals surface area contributed by atoms with Gasteiger partial charge in [0, 0.05) is 32.2 Å². The highest BCUT2D eigenvalue weighted by Gasteiger charge is 2.47. The first-order valence-electron chi connectivity index (χ1n) is 8.04. The lowest BCUT2D eigenvalue weighted by Crippen LogP contribution is -2.52. The molecule has 3 aliphatic rings. The maximum atomic E-state index is 12.6. The predicted molar refractivity (Wildman–Crippen MR) is 77.8 cm³/mol. The summed E-state index contributed by atoms with van der Waals surface area (Å²) >= 11 is 0. The summed E-state index contributed by atoms with van der Waals surface area (Å²) in [6.07, 6.45) is 2.85. The van der Waals surface area contributed by atoms with Crippen LogP contribution in [-0.2, 0) is 9.53 Å². The molecule has 0 saturated carbocycles. The quantitative estimate of drug-likeness (QED) is 0.820. The van der Waals surface area contributed by atoms with E-state index in [1.165, 1.54) is 0 Å². The second-order valence-electron chi connectivity index (χ2n) is 6.68. The van der Waals surface area contributed by atoms with Crippen LogP contribution in [0.5, 0.6) is 0 Å². The molecule has 3 atom stereocenters. The van der Waals surface area contributed by atoms with Gasteiger partial charge in [0.1, 0.15) is 0 Å².